The van der Waals surface area contributed by atoms with E-state index >= 15 is 0 Å². The summed E-state index contributed by atoms with van der Waals surface area (Å²) in [5, 5.41) is 3.79. The summed E-state index contributed by atoms with van der Waals surface area (Å²) in [6.45, 7) is 0. The molecule has 3 aromatic rings. The average molecular weight is 396 g/mol. The smallest absolute Gasteiger partial charge is 0.328 e. The number of carbonyl (C=O) groups excluding carboxylic acids is 2. The van der Waals surface area contributed by atoms with E-state index in [1.165, 1.54) is 14.2 Å². The van der Waals surface area contributed by atoms with Gasteiger partial charge >= 0.3 is 5.97 Å². The summed E-state index contributed by atoms with van der Waals surface area (Å²) in [7, 11) is 4.40. The SMILES string of the molecule is COC(=O)[C@@H](Cc1c[nH]c2ccccc12)NC(=O)Cc1ccc(OC)cc1OC. The largest absolute Gasteiger partial charge is 0.497 e. The normalized spacial score (nSPS) is 11.7. The maximum Gasteiger partial charge on any atom is 0.328 e. The van der Waals surface area contributed by atoms with Crippen LogP contribution in [0.5, 0.6) is 11.5 Å². The van der Waals surface area contributed by atoms with E-state index < -0.39 is 12.0 Å². The Morgan fingerprint density at radius 3 is 2.55 bits per heavy atom. The Balaban J connectivity index is 1.75. The van der Waals surface area contributed by atoms with E-state index in [9.17, 15) is 9.59 Å². The first kappa shape index (κ1) is 20.3. The van der Waals surface area contributed by atoms with E-state index in [4.69, 9.17) is 14.2 Å². The Morgan fingerprint density at radius 1 is 1.03 bits per heavy atom. The lowest BCUT2D eigenvalue weighted by Crippen LogP contribution is -2.43. The van der Waals surface area contributed by atoms with Crippen molar-refractivity contribution in [2.24, 2.45) is 0 Å². The van der Waals surface area contributed by atoms with Crippen molar-refractivity contribution in [1.29, 1.82) is 0 Å². The van der Waals surface area contributed by atoms with E-state index in [1.54, 1.807) is 25.3 Å². The van der Waals surface area contributed by atoms with Crippen LogP contribution < -0.4 is 14.8 Å². The number of H-pyrrole nitrogens is 1. The molecule has 2 N–H and O–H groups in total. The van der Waals surface area contributed by atoms with Gasteiger partial charge in [0.2, 0.25) is 5.91 Å². The summed E-state index contributed by atoms with van der Waals surface area (Å²) >= 11 is 0. The fourth-order valence-electron chi connectivity index (χ4n) is 3.27. The Kier molecular flexibility index (Phi) is 6.39. The van der Waals surface area contributed by atoms with E-state index in [-0.39, 0.29) is 12.3 Å². The fraction of sp³-hybridized carbons (Fsp3) is 0.273. The van der Waals surface area contributed by atoms with Crippen molar-refractivity contribution in [3.05, 3.63) is 59.8 Å². The summed E-state index contributed by atoms with van der Waals surface area (Å²) in [6, 6.07) is 12.2. The lowest BCUT2D eigenvalue weighted by Gasteiger charge is -2.17. The van der Waals surface area contributed by atoms with Crippen LogP contribution in [0.15, 0.2) is 48.7 Å². The highest BCUT2D eigenvalue weighted by molar-refractivity contribution is 5.88. The lowest BCUT2D eigenvalue weighted by molar-refractivity contribution is -0.145. The van der Waals surface area contributed by atoms with E-state index in [2.05, 4.69) is 10.3 Å². The second-order valence-corrected chi connectivity index (χ2v) is 6.56. The molecule has 0 unspecified atom stereocenters. The van der Waals surface area contributed by atoms with Crippen LogP contribution in [0.4, 0.5) is 0 Å². The standard InChI is InChI=1S/C22H24N2O5/c1-27-16-9-8-14(20(12-16)28-2)11-21(25)24-19(22(26)29-3)10-15-13-23-18-7-5-4-6-17(15)18/h4-9,12-13,19,23H,10-11H2,1-3H3,(H,24,25)/t19-/m1/s1. The van der Waals surface area contributed by atoms with Crippen LogP contribution in [0, 0.1) is 0 Å². The van der Waals surface area contributed by atoms with Gasteiger partial charge in [-0.2, -0.15) is 0 Å². The Morgan fingerprint density at radius 2 is 1.83 bits per heavy atom. The predicted octanol–water partition coefficient (Wildman–Crippen LogP) is 2.63. The van der Waals surface area contributed by atoms with Crippen molar-refractivity contribution in [2.75, 3.05) is 21.3 Å². The summed E-state index contributed by atoms with van der Waals surface area (Å²) in [5.41, 5.74) is 2.60. The highest BCUT2D eigenvalue weighted by Crippen LogP contribution is 2.25. The van der Waals surface area contributed by atoms with Gasteiger partial charge in [-0.25, -0.2) is 4.79 Å². The number of fused-ring (bicyclic) bond motifs is 1. The quantitative estimate of drug-likeness (QED) is 0.572. The Bertz CT molecular complexity index is 1010. The molecular weight excluding hydrogens is 372 g/mol. The zero-order chi connectivity index (χ0) is 20.8. The molecule has 0 aliphatic rings. The minimum atomic E-state index is -0.795. The maximum absolute atomic E-state index is 12.6. The van der Waals surface area contributed by atoms with Gasteiger partial charge in [0.25, 0.3) is 0 Å². The summed E-state index contributed by atoms with van der Waals surface area (Å²) in [5.74, 6) is 0.387. The molecule has 7 heteroatoms. The van der Waals surface area contributed by atoms with Crippen LogP contribution >= 0.6 is 0 Å². The molecule has 0 aliphatic carbocycles. The first-order chi connectivity index (χ1) is 14.0. The third-order valence-electron chi connectivity index (χ3n) is 4.77. The second-order valence-electron chi connectivity index (χ2n) is 6.56. The van der Waals surface area contributed by atoms with Crippen LogP contribution in [-0.2, 0) is 27.2 Å². The molecule has 0 saturated heterocycles. The van der Waals surface area contributed by atoms with Gasteiger partial charge in [0.05, 0.1) is 27.8 Å². The summed E-state index contributed by atoms with van der Waals surface area (Å²) in [6.07, 6.45) is 2.23. The highest BCUT2D eigenvalue weighted by Gasteiger charge is 2.24. The van der Waals surface area contributed by atoms with Gasteiger partial charge in [0.1, 0.15) is 17.5 Å². The van der Waals surface area contributed by atoms with Gasteiger partial charge in [0, 0.05) is 35.2 Å². The second kappa shape index (κ2) is 9.14. The zero-order valence-corrected chi connectivity index (χ0v) is 16.7. The number of esters is 1. The van der Waals surface area contributed by atoms with Crippen molar-refractivity contribution in [1.82, 2.24) is 10.3 Å². The predicted molar refractivity (Wildman–Crippen MR) is 109 cm³/mol. The summed E-state index contributed by atoms with van der Waals surface area (Å²) in [4.78, 5) is 28.1. The number of aromatic nitrogens is 1. The molecule has 1 amide bonds. The average Bonchev–Trinajstić information content (AvgIpc) is 3.15. The van der Waals surface area contributed by atoms with E-state index in [0.29, 0.717) is 23.5 Å². The van der Waals surface area contributed by atoms with Gasteiger partial charge in [-0.1, -0.05) is 24.3 Å². The van der Waals surface area contributed by atoms with Crippen molar-refractivity contribution in [3.63, 3.8) is 0 Å². The molecule has 7 nitrogen and oxygen atoms in total. The number of methoxy groups -OCH3 is 3. The van der Waals surface area contributed by atoms with Gasteiger partial charge < -0.3 is 24.5 Å². The molecule has 1 aromatic heterocycles. The van der Waals surface area contributed by atoms with E-state index in [0.717, 1.165) is 16.5 Å². The molecule has 0 bridgehead atoms. The van der Waals surface area contributed by atoms with Gasteiger partial charge in [-0.05, 0) is 17.7 Å². The maximum atomic E-state index is 12.6. The number of aromatic amines is 1. The van der Waals surface area contributed by atoms with Crippen LogP contribution in [0.25, 0.3) is 10.9 Å². The monoisotopic (exact) mass is 396 g/mol. The molecule has 2 aromatic carbocycles. The van der Waals surface area contributed by atoms with Gasteiger partial charge in [-0.3, -0.25) is 4.79 Å². The Hall–Kier alpha value is -3.48. The number of carbonyl (C=O) groups is 2. The molecule has 0 fully saturated rings. The van der Waals surface area contributed by atoms with Crippen LogP contribution in [0.2, 0.25) is 0 Å². The molecule has 0 radical (unpaired) electrons. The molecule has 29 heavy (non-hydrogen) atoms. The highest BCUT2D eigenvalue weighted by atomic mass is 16.5. The minimum absolute atomic E-state index is 0.0640. The Labute approximate surface area is 169 Å². The molecule has 3 rings (SSSR count). The third-order valence-corrected chi connectivity index (χ3v) is 4.77. The van der Waals surface area contributed by atoms with E-state index in [1.807, 2.05) is 30.5 Å². The third kappa shape index (κ3) is 4.68. The number of hydrogen-bond donors (Lipinski definition) is 2. The number of ether oxygens (including phenoxy) is 3. The minimum Gasteiger partial charge on any atom is -0.497 e. The van der Waals surface area contributed by atoms with Crippen molar-refractivity contribution in [2.45, 2.75) is 18.9 Å². The molecular formula is C22H24N2O5. The molecule has 1 heterocycles. The molecule has 0 saturated carbocycles. The number of hydrogen-bond acceptors (Lipinski definition) is 5. The van der Waals surface area contributed by atoms with Gasteiger partial charge in [-0.15, -0.1) is 0 Å². The fourth-order valence-corrected chi connectivity index (χ4v) is 3.27. The topological polar surface area (TPSA) is 89.7 Å². The summed E-state index contributed by atoms with van der Waals surface area (Å²) < 4.78 is 15.4. The lowest BCUT2D eigenvalue weighted by atomic mass is 10.0. The number of amides is 1. The number of para-hydroxylation sites is 1. The zero-order valence-electron chi connectivity index (χ0n) is 16.7. The number of nitrogens with one attached hydrogen (secondary N) is 2. The molecule has 0 spiro atoms. The van der Waals surface area contributed by atoms with Gasteiger partial charge in [0.15, 0.2) is 0 Å². The number of benzene rings is 2. The first-order valence-corrected chi connectivity index (χ1v) is 9.18. The molecule has 1 atom stereocenters. The van der Waals surface area contributed by atoms with Crippen LogP contribution in [0.3, 0.4) is 0 Å². The van der Waals surface area contributed by atoms with Crippen LogP contribution in [-0.4, -0.2) is 44.2 Å². The number of rotatable bonds is 8. The molecule has 152 valence electrons. The van der Waals surface area contributed by atoms with Crippen LogP contribution in [0.1, 0.15) is 11.1 Å². The molecule has 0 aliphatic heterocycles. The first-order valence-electron chi connectivity index (χ1n) is 9.18. The van der Waals surface area contributed by atoms with Crippen molar-refractivity contribution < 1.29 is 23.8 Å². The van der Waals surface area contributed by atoms with Crippen molar-refractivity contribution in [3.8, 4) is 11.5 Å². The van der Waals surface area contributed by atoms with Crippen molar-refractivity contribution >= 4 is 22.8 Å².